The van der Waals surface area contributed by atoms with Crippen molar-refractivity contribution in [1.29, 1.82) is 0 Å². The zero-order valence-electron chi connectivity index (χ0n) is 12.7. The smallest absolute Gasteiger partial charge is 0.343 e. The summed E-state index contributed by atoms with van der Waals surface area (Å²) >= 11 is 0. The molecular formula is C19H14O5. The lowest BCUT2D eigenvalue weighted by molar-refractivity contribution is -0.107. The van der Waals surface area contributed by atoms with E-state index in [4.69, 9.17) is 9.47 Å². The zero-order valence-corrected chi connectivity index (χ0v) is 12.7. The minimum absolute atomic E-state index is 0.119. The molecule has 120 valence electrons. The summed E-state index contributed by atoms with van der Waals surface area (Å²) in [6.45, 7) is 3.52. The normalized spacial score (nSPS) is 10.6. The van der Waals surface area contributed by atoms with Crippen LogP contribution in [0.15, 0.2) is 84.8 Å². The second kappa shape index (κ2) is 8.24. The first-order valence-corrected chi connectivity index (χ1v) is 7.00. The summed E-state index contributed by atoms with van der Waals surface area (Å²) in [7, 11) is 0. The van der Waals surface area contributed by atoms with Gasteiger partial charge in [0.15, 0.2) is 12.0 Å². The largest absolute Gasteiger partial charge is 0.423 e. The quantitative estimate of drug-likeness (QED) is 0.268. The van der Waals surface area contributed by atoms with Gasteiger partial charge in [0.05, 0.1) is 11.1 Å². The number of carbonyl (C=O) groups is 3. The van der Waals surface area contributed by atoms with Gasteiger partial charge < -0.3 is 9.47 Å². The van der Waals surface area contributed by atoms with E-state index in [2.05, 4.69) is 6.58 Å². The molecule has 0 radical (unpaired) electrons. The predicted octanol–water partition coefficient (Wildman–Crippen LogP) is 3.30. The van der Waals surface area contributed by atoms with E-state index in [-0.39, 0.29) is 17.1 Å². The Morgan fingerprint density at radius 1 is 0.792 bits per heavy atom. The summed E-state index contributed by atoms with van der Waals surface area (Å²) in [4.78, 5) is 34.8. The topological polar surface area (TPSA) is 69.7 Å². The van der Waals surface area contributed by atoms with Crippen LogP contribution in [0.1, 0.15) is 20.7 Å². The maximum atomic E-state index is 11.9. The van der Waals surface area contributed by atoms with Crippen molar-refractivity contribution in [2.75, 3.05) is 0 Å². The van der Waals surface area contributed by atoms with Crippen molar-refractivity contribution >= 4 is 18.2 Å². The molecule has 0 spiro atoms. The van der Waals surface area contributed by atoms with Gasteiger partial charge in [0, 0.05) is 6.08 Å². The van der Waals surface area contributed by atoms with Gasteiger partial charge in [-0.2, -0.15) is 0 Å². The Balaban J connectivity index is 2.01. The van der Waals surface area contributed by atoms with Gasteiger partial charge >= 0.3 is 11.9 Å². The molecule has 0 aliphatic heterocycles. The number of allylic oxidation sites excluding steroid dienone is 2. The molecule has 0 unspecified atom stereocenters. The van der Waals surface area contributed by atoms with E-state index in [1.807, 2.05) is 0 Å². The minimum atomic E-state index is -0.698. The molecule has 2 aromatic rings. The van der Waals surface area contributed by atoms with Crippen LogP contribution in [-0.4, -0.2) is 18.2 Å². The fraction of sp³-hybridized carbons (Fsp3) is 0. The highest BCUT2D eigenvalue weighted by atomic mass is 16.5. The molecule has 0 aliphatic carbocycles. The van der Waals surface area contributed by atoms with E-state index in [1.54, 1.807) is 60.7 Å². The average molecular weight is 322 g/mol. The van der Waals surface area contributed by atoms with Gasteiger partial charge in [-0.25, -0.2) is 9.59 Å². The first kappa shape index (κ1) is 16.9. The van der Waals surface area contributed by atoms with Gasteiger partial charge in [0.1, 0.15) is 5.76 Å². The summed E-state index contributed by atoms with van der Waals surface area (Å²) < 4.78 is 9.94. The number of hydrogen-bond donors (Lipinski definition) is 0. The van der Waals surface area contributed by atoms with Crippen LogP contribution >= 0.6 is 0 Å². The Morgan fingerprint density at radius 2 is 1.25 bits per heavy atom. The van der Waals surface area contributed by atoms with Gasteiger partial charge in [-0.3, -0.25) is 4.79 Å². The van der Waals surface area contributed by atoms with E-state index < -0.39 is 11.9 Å². The molecular weight excluding hydrogens is 308 g/mol. The van der Waals surface area contributed by atoms with Crippen molar-refractivity contribution in [3.63, 3.8) is 0 Å². The van der Waals surface area contributed by atoms with Crippen molar-refractivity contribution in [3.05, 3.63) is 96.0 Å². The molecule has 2 aromatic carbocycles. The molecule has 0 bridgehead atoms. The third kappa shape index (κ3) is 4.78. The summed E-state index contributed by atoms with van der Waals surface area (Å²) in [6, 6.07) is 16.5. The highest BCUT2D eigenvalue weighted by Crippen LogP contribution is 2.10. The van der Waals surface area contributed by atoms with Crippen LogP contribution in [0.5, 0.6) is 0 Å². The van der Waals surface area contributed by atoms with Crippen LogP contribution in [0.2, 0.25) is 0 Å². The van der Waals surface area contributed by atoms with Gasteiger partial charge in [-0.15, -0.1) is 0 Å². The first-order chi connectivity index (χ1) is 11.6. The number of benzene rings is 2. The Bertz CT molecular complexity index is 776. The molecule has 0 fully saturated rings. The Morgan fingerprint density at radius 3 is 1.71 bits per heavy atom. The fourth-order valence-corrected chi connectivity index (χ4v) is 1.77. The van der Waals surface area contributed by atoms with Crippen molar-refractivity contribution in [1.82, 2.24) is 0 Å². The number of carbonyl (C=O) groups excluding carboxylic acids is 3. The standard InChI is InChI=1S/C19H14O5/c1-14(23-18(21)15-8-4-2-5-9-15)12-17(13-20)24-19(22)16-10-6-3-7-11-16/h2-13H,1H2. The SMILES string of the molecule is C=C(C=C(C=O)OC(=O)c1ccccc1)OC(=O)c1ccccc1. The fourth-order valence-electron chi connectivity index (χ4n) is 1.77. The molecule has 24 heavy (non-hydrogen) atoms. The maximum absolute atomic E-state index is 11.9. The molecule has 0 atom stereocenters. The van der Waals surface area contributed by atoms with Gasteiger partial charge in [0.25, 0.3) is 0 Å². The van der Waals surface area contributed by atoms with E-state index in [9.17, 15) is 14.4 Å². The van der Waals surface area contributed by atoms with Crippen molar-refractivity contribution in [3.8, 4) is 0 Å². The van der Waals surface area contributed by atoms with Crippen LogP contribution in [-0.2, 0) is 14.3 Å². The Hall–Kier alpha value is -3.47. The molecule has 0 aliphatic rings. The average Bonchev–Trinajstić information content (AvgIpc) is 2.62. The van der Waals surface area contributed by atoms with Crippen molar-refractivity contribution < 1.29 is 23.9 Å². The lowest BCUT2D eigenvalue weighted by Gasteiger charge is -2.06. The second-order valence-electron chi connectivity index (χ2n) is 4.64. The molecule has 0 N–H and O–H groups in total. The van der Waals surface area contributed by atoms with Gasteiger partial charge in [-0.05, 0) is 24.3 Å². The molecule has 0 saturated carbocycles. The van der Waals surface area contributed by atoms with Crippen molar-refractivity contribution in [2.24, 2.45) is 0 Å². The Kier molecular flexibility index (Phi) is 5.80. The summed E-state index contributed by atoms with van der Waals surface area (Å²) in [6.07, 6.45) is 1.41. The molecule has 0 heterocycles. The first-order valence-electron chi connectivity index (χ1n) is 7.00. The molecule has 2 rings (SSSR count). The number of hydrogen-bond acceptors (Lipinski definition) is 5. The van der Waals surface area contributed by atoms with Crippen LogP contribution in [0, 0.1) is 0 Å². The zero-order chi connectivity index (χ0) is 17.4. The van der Waals surface area contributed by atoms with Crippen LogP contribution in [0.4, 0.5) is 0 Å². The number of esters is 2. The van der Waals surface area contributed by atoms with E-state index in [0.717, 1.165) is 6.08 Å². The summed E-state index contributed by atoms with van der Waals surface area (Å²) in [5, 5.41) is 0. The number of rotatable bonds is 6. The van der Waals surface area contributed by atoms with Crippen LogP contribution in [0.25, 0.3) is 0 Å². The molecule has 5 heteroatoms. The molecule has 0 saturated heterocycles. The number of aldehydes is 1. The van der Waals surface area contributed by atoms with Gasteiger partial charge in [-0.1, -0.05) is 43.0 Å². The van der Waals surface area contributed by atoms with Crippen LogP contribution < -0.4 is 0 Å². The highest BCUT2D eigenvalue weighted by molar-refractivity contribution is 5.92. The van der Waals surface area contributed by atoms with Crippen molar-refractivity contribution in [2.45, 2.75) is 0 Å². The second-order valence-corrected chi connectivity index (χ2v) is 4.64. The third-order valence-corrected chi connectivity index (χ3v) is 2.87. The van der Waals surface area contributed by atoms with Crippen LogP contribution in [0.3, 0.4) is 0 Å². The van der Waals surface area contributed by atoms with E-state index >= 15 is 0 Å². The highest BCUT2D eigenvalue weighted by Gasteiger charge is 2.12. The lowest BCUT2D eigenvalue weighted by atomic mass is 10.2. The summed E-state index contributed by atoms with van der Waals surface area (Å²) in [5.41, 5.74) is 0.623. The predicted molar refractivity (Wildman–Crippen MR) is 87.0 cm³/mol. The monoisotopic (exact) mass is 322 g/mol. The van der Waals surface area contributed by atoms with Gasteiger partial charge in [0.2, 0.25) is 0 Å². The summed E-state index contributed by atoms with van der Waals surface area (Å²) in [5.74, 6) is -1.76. The lowest BCUT2D eigenvalue weighted by Crippen LogP contribution is -2.07. The maximum Gasteiger partial charge on any atom is 0.343 e. The molecule has 5 nitrogen and oxygen atoms in total. The molecule has 0 amide bonds. The number of ether oxygens (including phenoxy) is 2. The van der Waals surface area contributed by atoms with E-state index in [0.29, 0.717) is 11.8 Å². The van der Waals surface area contributed by atoms with E-state index in [1.165, 1.54) is 0 Å². The molecule has 0 aromatic heterocycles. The minimum Gasteiger partial charge on any atom is -0.423 e. The Labute approximate surface area is 138 Å². The third-order valence-electron chi connectivity index (χ3n) is 2.87.